The van der Waals surface area contributed by atoms with E-state index >= 15 is 0 Å². The lowest BCUT2D eigenvalue weighted by Gasteiger charge is -2.20. The fraction of sp³-hybridized carbons (Fsp3) is 0.438. The SMILES string of the molecule is COC(=O)Cc1ccc(CNC(c2cccs2)C(C)C)s1. The first kappa shape index (κ1) is 16.2. The number of methoxy groups -OCH3 is 1. The minimum Gasteiger partial charge on any atom is -0.469 e. The van der Waals surface area contributed by atoms with Crippen molar-refractivity contribution in [3.8, 4) is 0 Å². The second-order valence-corrected chi connectivity index (χ2v) is 7.47. The normalized spacial score (nSPS) is 12.6. The van der Waals surface area contributed by atoms with Crippen molar-refractivity contribution < 1.29 is 9.53 Å². The van der Waals surface area contributed by atoms with Gasteiger partial charge in [-0.15, -0.1) is 22.7 Å². The molecule has 0 saturated carbocycles. The van der Waals surface area contributed by atoms with E-state index in [9.17, 15) is 4.79 Å². The maximum atomic E-state index is 11.3. The van der Waals surface area contributed by atoms with Crippen LogP contribution in [0.2, 0.25) is 0 Å². The molecule has 1 atom stereocenters. The van der Waals surface area contributed by atoms with Gasteiger partial charge in [0.05, 0.1) is 13.5 Å². The van der Waals surface area contributed by atoms with Crippen molar-refractivity contribution >= 4 is 28.6 Å². The Labute approximate surface area is 134 Å². The van der Waals surface area contributed by atoms with Crippen LogP contribution >= 0.6 is 22.7 Å². The minimum atomic E-state index is -0.185. The summed E-state index contributed by atoms with van der Waals surface area (Å²) in [6, 6.07) is 8.74. The minimum absolute atomic E-state index is 0.185. The summed E-state index contributed by atoms with van der Waals surface area (Å²) < 4.78 is 4.70. The molecule has 1 N–H and O–H groups in total. The maximum absolute atomic E-state index is 11.3. The van der Waals surface area contributed by atoms with Crippen LogP contribution in [0.1, 0.15) is 34.5 Å². The zero-order valence-electron chi connectivity index (χ0n) is 12.6. The third-order valence-corrected chi connectivity index (χ3v) is 5.32. The Hall–Kier alpha value is -1.17. The molecule has 0 fully saturated rings. The molecule has 0 aliphatic carbocycles. The van der Waals surface area contributed by atoms with E-state index in [0.29, 0.717) is 18.4 Å². The van der Waals surface area contributed by atoms with Gasteiger partial charge in [0.1, 0.15) is 0 Å². The number of thiophene rings is 2. The van der Waals surface area contributed by atoms with Crippen LogP contribution in [0.5, 0.6) is 0 Å². The molecule has 0 aliphatic heterocycles. The first-order valence-electron chi connectivity index (χ1n) is 7.01. The van der Waals surface area contributed by atoms with Gasteiger partial charge in [-0.25, -0.2) is 0 Å². The predicted molar refractivity (Wildman–Crippen MR) is 88.8 cm³/mol. The molecule has 0 bridgehead atoms. The monoisotopic (exact) mass is 323 g/mol. The summed E-state index contributed by atoms with van der Waals surface area (Å²) in [4.78, 5) is 14.9. The van der Waals surface area contributed by atoms with Gasteiger partial charge in [-0.05, 0) is 29.5 Å². The van der Waals surface area contributed by atoms with Gasteiger partial charge in [-0.2, -0.15) is 0 Å². The van der Waals surface area contributed by atoms with Gasteiger partial charge in [0, 0.05) is 27.2 Å². The van der Waals surface area contributed by atoms with E-state index in [2.05, 4.69) is 42.7 Å². The molecule has 2 heterocycles. The molecule has 21 heavy (non-hydrogen) atoms. The number of nitrogens with one attached hydrogen (secondary N) is 1. The van der Waals surface area contributed by atoms with Gasteiger partial charge in [-0.3, -0.25) is 4.79 Å². The lowest BCUT2D eigenvalue weighted by atomic mass is 10.0. The largest absolute Gasteiger partial charge is 0.469 e. The molecule has 0 saturated heterocycles. The molecule has 0 spiro atoms. The van der Waals surface area contributed by atoms with Crippen molar-refractivity contribution in [3.63, 3.8) is 0 Å². The highest BCUT2D eigenvalue weighted by molar-refractivity contribution is 7.12. The molecule has 2 aromatic heterocycles. The zero-order chi connectivity index (χ0) is 15.2. The van der Waals surface area contributed by atoms with E-state index in [4.69, 9.17) is 4.74 Å². The molecule has 1 unspecified atom stereocenters. The molecular weight excluding hydrogens is 302 g/mol. The summed E-state index contributed by atoms with van der Waals surface area (Å²) in [6.45, 7) is 5.29. The number of hydrogen-bond acceptors (Lipinski definition) is 5. The summed E-state index contributed by atoms with van der Waals surface area (Å²) in [5, 5.41) is 5.74. The van der Waals surface area contributed by atoms with Gasteiger partial charge in [0.2, 0.25) is 0 Å². The van der Waals surface area contributed by atoms with Gasteiger partial charge >= 0.3 is 5.97 Å². The van der Waals surface area contributed by atoms with Crippen LogP contribution in [0.4, 0.5) is 0 Å². The molecular formula is C16H21NO2S2. The highest BCUT2D eigenvalue weighted by atomic mass is 32.1. The summed E-state index contributed by atoms with van der Waals surface area (Å²) >= 11 is 3.46. The van der Waals surface area contributed by atoms with Crippen molar-refractivity contribution in [2.24, 2.45) is 5.92 Å². The first-order chi connectivity index (χ1) is 10.1. The van der Waals surface area contributed by atoms with E-state index < -0.39 is 0 Å². The fourth-order valence-corrected chi connectivity index (χ4v) is 4.10. The molecule has 0 radical (unpaired) electrons. The van der Waals surface area contributed by atoms with Crippen LogP contribution < -0.4 is 5.32 Å². The molecule has 0 aliphatic rings. The van der Waals surface area contributed by atoms with E-state index in [1.165, 1.54) is 16.9 Å². The Morgan fingerprint density at radius 2 is 2.05 bits per heavy atom. The maximum Gasteiger partial charge on any atom is 0.310 e. The van der Waals surface area contributed by atoms with Crippen LogP contribution in [0.25, 0.3) is 0 Å². The lowest BCUT2D eigenvalue weighted by molar-refractivity contribution is -0.139. The van der Waals surface area contributed by atoms with E-state index in [-0.39, 0.29) is 5.97 Å². The number of carbonyl (C=O) groups is 1. The standard InChI is InChI=1S/C16H21NO2S2/c1-11(2)16(14-5-4-8-20-14)17-10-13-7-6-12(21-13)9-15(18)19-3/h4-8,11,16-17H,9-10H2,1-3H3. The zero-order valence-corrected chi connectivity index (χ0v) is 14.2. The van der Waals surface area contributed by atoms with E-state index in [1.54, 1.807) is 22.7 Å². The highest BCUT2D eigenvalue weighted by Crippen LogP contribution is 2.27. The second-order valence-electron chi connectivity index (χ2n) is 5.24. The summed E-state index contributed by atoms with van der Waals surface area (Å²) in [7, 11) is 1.42. The van der Waals surface area contributed by atoms with Crippen molar-refractivity contribution in [1.82, 2.24) is 5.32 Å². The number of ether oxygens (including phenoxy) is 1. The van der Waals surface area contributed by atoms with E-state index in [0.717, 1.165) is 11.4 Å². The van der Waals surface area contributed by atoms with Crippen molar-refractivity contribution in [2.45, 2.75) is 32.9 Å². The van der Waals surface area contributed by atoms with Crippen molar-refractivity contribution in [1.29, 1.82) is 0 Å². The number of carbonyl (C=O) groups excluding carboxylic acids is 1. The lowest BCUT2D eigenvalue weighted by Crippen LogP contribution is -2.24. The smallest absolute Gasteiger partial charge is 0.310 e. The van der Waals surface area contributed by atoms with Gasteiger partial charge in [0.25, 0.3) is 0 Å². The van der Waals surface area contributed by atoms with E-state index in [1.807, 2.05) is 6.07 Å². The number of esters is 1. The Morgan fingerprint density at radius 3 is 2.67 bits per heavy atom. The second kappa shape index (κ2) is 7.73. The summed E-state index contributed by atoms with van der Waals surface area (Å²) in [5.74, 6) is 0.355. The van der Waals surface area contributed by atoms with Gasteiger partial charge in [-0.1, -0.05) is 19.9 Å². The third-order valence-electron chi connectivity index (χ3n) is 3.28. The summed E-state index contributed by atoms with van der Waals surface area (Å²) in [6.07, 6.45) is 0.361. The molecule has 3 nitrogen and oxygen atoms in total. The Kier molecular flexibility index (Phi) is 5.96. The molecule has 2 aromatic rings. The quantitative estimate of drug-likeness (QED) is 0.782. The topological polar surface area (TPSA) is 38.3 Å². The predicted octanol–water partition coefficient (Wildman–Crippen LogP) is 4.01. The first-order valence-corrected chi connectivity index (χ1v) is 8.71. The average Bonchev–Trinajstić information content (AvgIpc) is 3.10. The number of hydrogen-bond donors (Lipinski definition) is 1. The molecule has 5 heteroatoms. The van der Waals surface area contributed by atoms with Crippen molar-refractivity contribution in [2.75, 3.05) is 7.11 Å². The van der Waals surface area contributed by atoms with Crippen LogP contribution in [0, 0.1) is 5.92 Å². The molecule has 0 aromatic carbocycles. The van der Waals surface area contributed by atoms with Crippen LogP contribution in [0.3, 0.4) is 0 Å². The van der Waals surface area contributed by atoms with Gasteiger partial charge < -0.3 is 10.1 Å². The Morgan fingerprint density at radius 1 is 1.29 bits per heavy atom. The van der Waals surface area contributed by atoms with Gasteiger partial charge in [0.15, 0.2) is 0 Å². The fourth-order valence-electron chi connectivity index (χ4n) is 2.17. The van der Waals surface area contributed by atoms with Crippen LogP contribution in [-0.2, 0) is 22.5 Å². The molecule has 2 rings (SSSR count). The number of rotatable bonds is 7. The molecule has 0 amide bonds. The summed E-state index contributed by atoms with van der Waals surface area (Å²) in [5.41, 5.74) is 0. The highest BCUT2D eigenvalue weighted by Gasteiger charge is 2.16. The van der Waals surface area contributed by atoms with Crippen LogP contribution in [0.15, 0.2) is 29.6 Å². The average molecular weight is 323 g/mol. The third kappa shape index (κ3) is 4.66. The van der Waals surface area contributed by atoms with Crippen molar-refractivity contribution in [3.05, 3.63) is 44.3 Å². The Balaban J connectivity index is 1.94. The Bertz CT molecular complexity index is 561. The molecule has 114 valence electrons. The van der Waals surface area contributed by atoms with Crippen LogP contribution in [-0.4, -0.2) is 13.1 Å².